The van der Waals surface area contributed by atoms with E-state index in [1.165, 1.54) is 0 Å². The Morgan fingerprint density at radius 3 is 2.59 bits per heavy atom. The summed E-state index contributed by atoms with van der Waals surface area (Å²) in [6.45, 7) is 3.94. The van der Waals surface area contributed by atoms with E-state index in [2.05, 4.69) is 11.4 Å². The van der Waals surface area contributed by atoms with Gasteiger partial charge < -0.3 is 10.4 Å². The summed E-state index contributed by atoms with van der Waals surface area (Å²) in [7, 11) is 0. The van der Waals surface area contributed by atoms with Crippen molar-refractivity contribution in [3.8, 4) is 0 Å². The first-order chi connectivity index (χ1) is 8.02. The fourth-order valence-electron chi connectivity index (χ4n) is 1.99. The van der Waals surface area contributed by atoms with Gasteiger partial charge in [-0.25, -0.2) is 0 Å². The van der Waals surface area contributed by atoms with E-state index in [0.717, 1.165) is 19.3 Å². The number of carboxylic acid groups (broad SMARTS) is 1. The summed E-state index contributed by atoms with van der Waals surface area (Å²) in [4.78, 5) is 22.8. The second-order valence-electron chi connectivity index (χ2n) is 4.92. The molecule has 0 aliphatic heterocycles. The molecule has 96 valence electrons. The standard InChI is InChI=1S/C13H21NO3/c1-9(2)11(13(16)17)8-14-12(15)10-6-4-3-5-7-10/h3-4,9-11H,5-8H2,1-2H3,(H,14,15)(H,16,17). The minimum absolute atomic E-state index is 0.0127. The lowest BCUT2D eigenvalue weighted by Gasteiger charge is -2.20. The molecule has 0 bridgehead atoms. The third-order valence-corrected chi connectivity index (χ3v) is 3.26. The van der Waals surface area contributed by atoms with Gasteiger partial charge >= 0.3 is 5.97 Å². The number of carbonyl (C=O) groups is 2. The first-order valence-electron chi connectivity index (χ1n) is 6.18. The van der Waals surface area contributed by atoms with Crippen molar-refractivity contribution in [1.29, 1.82) is 0 Å². The van der Waals surface area contributed by atoms with E-state index in [4.69, 9.17) is 5.11 Å². The van der Waals surface area contributed by atoms with Crippen LogP contribution in [0.3, 0.4) is 0 Å². The number of hydrogen-bond donors (Lipinski definition) is 2. The van der Waals surface area contributed by atoms with Gasteiger partial charge in [-0.15, -0.1) is 0 Å². The van der Waals surface area contributed by atoms with Crippen molar-refractivity contribution in [2.24, 2.45) is 17.8 Å². The van der Waals surface area contributed by atoms with Crippen molar-refractivity contribution < 1.29 is 14.7 Å². The maximum absolute atomic E-state index is 11.8. The lowest BCUT2D eigenvalue weighted by molar-refractivity contribution is -0.143. The molecule has 0 saturated carbocycles. The monoisotopic (exact) mass is 239 g/mol. The average molecular weight is 239 g/mol. The van der Waals surface area contributed by atoms with Gasteiger partial charge in [-0.1, -0.05) is 26.0 Å². The van der Waals surface area contributed by atoms with Gasteiger partial charge in [0.15, 0.2) is 0 Å². The Bertz CT molecular complexity index is 310. The normalized spacial score (nSPS) is 21.2. The van der Waals surface area contributed by atoms with Crippen molar-refractivity contribution in [3.63, 3.8) is 0 Å². The van der Waals surface area contributed by atoms with E-state index in [9.17, 15) is 9.59 Å². The smallest absolute Gasteiger partial charge is 0.308 e. The molecule has 17 heavy (non-hydrogen) atoms. The average Bonchev–Trinajstić information content (AvgIpc) is 2.29. The van der Waals surface area contributed by atoms with Gasteiger partial charge in [-0.05, 0) is 25.2 Å². The zero-order valence-corrected chi connectivity index (χ0v) is 10.5. The lowest BCUT2D eigenvalue weighted by atomic mass is 9.92. The number of allylic oxidation sites excluding steroid dienone is 2. The third kappa shape index (κ3) is 4.21. The molecule has 1 rings (SSSR count). The van der Waals surface area contributed by atoms with Gasteiger partial charge in [-0.2, -0.15) is 0 Å². The van der Waals surface area contributed by atoms with Crippen LogP contribution < -0.4 is 5.32 Å². The number of aliphatic carboxylic acids is 1. The van der Waals surface area contributed by atoms with Crippen LogP contribution in [0.4, 0.5) is 0 Å². The zero-order chi connectivity index (χ0) is 12.8. The van der Waals surface area contributed by atoms with Crippen LogP contribution >= 0.6 is 0 Å². The highest BCUT2D eigenvalue weighted by molar-refractivity contribution is 5.80. The predicted octanol–water partition coefficient (Wildman–Crippen LogP) is 1.82. The molecule has 2 unspecified atom stereocenters. The number of hydrogen-bond acceptors (Lipinski definition) is 2. The maximum atomic E-state index is 11.8. The summed E-state index contributed by atoms with van der Waals surface area (Å²) >= 11 is 0. The Balaban J connectivity index is 2.40. The molecule has 0 aromatic rings. The van der Waals surface area contributed by atoms with Gasteiger partial charge in [0.1, 0.15) is 0 Å². The second-order valence-corrected chi connectivity index (χ2v) is 4.92. The van der Waals surface area contributed by atoms with Crippen LogP contribution in [0.25, 0.3) is 0 Å². The van der Waals surface area contributed by atoms with Gasteiger partial charge in [0, 0.05) is 12.5 Å². The highest BCUT2D eigenvalue weighted by Gasteiger charge is 2.24. The minimum atomic E-state index is -0.844. The molecule has 2 atom stereocenters. The van der Waals surface area contributed by atoms with Gasteiger partial charge in [0.05, 0.1) is 5.92 Å². The van der Waals surface area contributed by atoms with Crippen molar-refractivity contribution in [2.75, 3.05) is 6.54 Å². The molecule has 1 amide bonds. The van der Waals surface area contributed by atoms with E-state index >= 15 is 0 Å². The zero-order valence-electron chi connectivity index (χ0n) is 10.5. The van der Waals surface area contributed by atoms with Gasteiger partial charge in [0.25, 0.3) is 0 Å². The molecule has 1 aliphatic carbocycles. The molecule has 0 aromatic heterocycles. The minimum Gasteiger partial charge on any atom is -0.481 e. The van der Waals surface area contributed by atoms with E-state index in [1.54, 1.807) is 0 Å². The summed E-state index contributed by atoms with van der Waals surface area (Å²) in [5.41, 5.74) is 0. The Morgan fingerprint density at radius 2 is 2.12 bits per heavy atom. The van der Waals surface area contributed by atoms with E-state index in [1.807, 2.05) is 19.9 Å². The third-order valence-electron chi connectivity index (χ3n) is 3.26. The van der Waals surface area contributed by atoms with Gasteiger partial charge in [0.2, 0.25) is 5.91 Å². The molecule has 4 heteroatoms. The molecular formula is C13H21NO3. The number of carbonyl (C=O) groups excluding carboxylic acids is 1. The number of amides is 1. The van der Waals surface area contributed by atoms with Gasteiger partial charge in [-0.3, -0.25) is 9.59 Å². The summed E-state index contributed by atoms with van der Waals surface area (Å²) < 4.78 is 0. The maximum Gasteiger partial charge on any atom is 0.308 e. The Labute approximate surface area is 102 Å². The Morgan fingerprint density at radius 1 is 1.41 bits per heavy atom. The van der Waals surface area contributed by atoms with Crippen LogP contribution in [0.1, 0.15) is 33.1 Å². The highest BCUT2D eigenvalue weighted by atomic mass is 16.4. The second kappa shape index (κ2) is 6.42. The topological polar surface area (TPSA) is 66.4 Å². The van der Waals surface area contributed by atoms with Crippen molar-refractivity contribution in [3.05, 3.63) is 12.2 Å². The van der Waals surface area contributed by atoms with Crippen LogP contribution in [0.15, 0.2) is 12.2 Å². The molecular weight excluding hydrogens is 218 g/mol. The SMILES string of the molecule is CC(C)C(CNC(=O)C1CC=CCC1)C(=O)O. The number of nitrogens with one attached hydrogen (secondary N) is 1. The van der Waals surface area contributed by atoms with Crippen molar-refractivity contribution in [2.45, 2.75) is 33.1 Å². The molecule has 4 nitrogen and oxygen atoms in total. The molecule has 0 radical (unpaired) electrons. The summed E-state index contributed by atoms with van der Waals surface area (Å²) in [5.74, 6) is -1.32. The van der Waals surface area contributed by atoms with Crippen LogP contribution in [-0.4, -0.2) is 23.5 Å². The van der Waals surface area contributed by atoms with Crippen LogP contribution in [-0.2, 0) is 9.59 Å². The van der Waals surface area contributed by atoms with Crippen LogP contribution in [0, 0.1) is 17.8 Å². The Kier molecular flexibility index (Phi) is 5.19. The predicted molar refractivity (Wildman–Crippen MR) is 65.5 cm³/mol. The molecule has 2 N–H and O–H groups in total. The van der Waals surface area contributed by atoms with E-state index < -0.39 is 11.9 Å². The lowest BCUT2D eigenvalue weighted by Crippen LogP contribution is -2.38. The van der Waals surface area contributed by atoms with Crippen LogP contribution in [0.2, 0.25) is 0 Å². The molecule has 1 aliphatic rings. The number of rotatable bonds is 5. The van der Waals surface area contributed by atoms with Crippen molar-refractivity contribution >= 4 is 11.9 Å². The quantitative estimate of drug-likeness (QED) is 0.719. The molecule has 0 heterocycles. The molecule has 0 fully saturated rings. The van der Waals surface area contributed by atoms with E-state index in [-0.39, 0.29) is 24.3 Å². The molecule has 0 spiro atoms. The summed E-state index contributed by atoms with van der Waals surface area (Å²) in [5, 5.41) is 11.8. The largest absolute Gasteiger partial charge is 0.481 e. The van der Waals surface area contributed by atoms with E-state index in [0.29, 0.717) is 0 Å². The number of carboxylic acids is 1. The highest BCUT2D eigenvalue weighted by Crippen LogP contribution is 2.18. The Hall–Kier alpha value is -1.32. The summed E-state index contributed by atoms with van der Waals surface area (Å²) in [6, 6.07) is 0. The fraction of sp³-hybridized carbons (Fsp3) is 0.692. The molecule has 0 saturated heterocycles. The fourth-order valence-corrected chi connectivity index (χ4v) is 1.99. The first-order valence-corrected chi connectivity index (χ1v) is 6.18. The van der Waals surface area contributed by atoms with Crippen molar-refractivity contribution in [1.82, 2.24) is 5.32 Å². The van der Waals surface area contributed by atoms with Crippen LogP contribution in [0.5, 0.6) is 0 Å². The molecule has 0 aromatic carbocycles. The first kappa shape index (κ1) is 13.7. The summed E-state index contributed by atoms with van der Waals surface area (Å²) in [6.07, 6.45) is 6.67.